The summed E-state index contributed by atoms with van der Waals surface area (Å²) in [7, 11) is 0. The lowest BCUT2D eigenvalue weighted by atomic mass is 10.1. The van der Waals surface area contributed by atoms with Crippen molar-refractivity contribution in [2.75, 3.05) is 5.32 Å². The summed E-state index contributed by atoms with van der Waals surface area (Å²) in [6, 6.07) is 11.2. The van der Waals surface area contributed by atoms with Crippen molar-refractivity contribution in [3.05, 3.63) is 70.8 Å². The molecule has 0 radical (unpaired) electrons. The molecule has 2 aromatic rings. The van der Waals surface area contributed by atoms with E-state index in [-0.39, 0.29) is 0 Å². The number of benzene rings is 2. The zero-order chi connectivity index (χ0) is 16.2. The van der Waals surface area contributed by atoms with Gasteiger partial charge in [-0.3, -0.25) is 4.79 Å². The number of anilines is 1. The van der Waals surface area contributed by atoms with Gasteiger partial charge < -0.3 is 5.32 Å². The van der Waals surface area contributed by atoms with E-state index in [1.54, 1.807) is 24.3 Å². The molecule has 0 spiro atoms. The maximum Gasteiger partial charge on any atom is 0.416 e. The quantitative estimate of drug-likeness (QED) is 0.790. The van der Waals surface area contributed by atoms with Crippen LogP contribution in [-0.4, -0.2) is 5.91 Å². The van der Waals surface area contributed by atoms with Gasteiger partial charge in [-0.25, -0.2) is 0 Å². The summed E-state index contributed by atoms with van der Waals surface area (Å²) in [5, 5.41) is 3.09. The van der Waals surface area contributed by atoms with E-state index in [4.69, 9.17) is 11.6 Å². The van der Waals surface area contributed by atoms with Gasteiger partial charge >= 0.3 is 6.18 Å². The monoisotopic (exact) mass is 325 g/mol. The summed E-state index contributed by atoms with van der Waals surface area (Å²) in [6.45, 7) is 0. The molecular weight excluding hydrogens is 315 g/mol. The Morgan fingerprint density at radius 1 is 1.09 bits per heavy atom. The fourth-order valence-corrected chi connectivity index (χ4v) is 1.90. The average molecular weight is 326 g/mol. The van der Waals surface area contributed by atoms with Gasteiger partial charge in [0.15, 0.2) is 0 Å². The Bertz CT molecular complexity index is 693. The summed E-state index contributed by atoms with van der Waals surface area (Å²) in [6.07, 6.45) is -1.70. The molecule has 2 nitrogen and oxygen atoms in total. The van der Waals surface area contributed by atoms with E-state index >= 15 is 0 Å². The van der Waals surface area contributed by atoms with Crippen LogP contribution in [0.2, 0.25) is 5.02 Å². The standard InChI is InChI=1S/C16H11ClF3NO/c17-13-2-1-3-14(10-13)21-15(22)9-6-11-4-7-12(8-5-11)16(18,19)20/h1-10H,(H,21,22)/b9-6+. The van der Waals surface area contributed by atoms with Crippen molar-refractivity contribution in [3.63, 3.8) is 0 Å². The molecule has 114 valence electrons. The second-order valence-corrected chi connectivity index (χ2v) is 4.89. The fraction of sp³-hybridized carbons (Fsp3) is 0.0625. The largest absolute Gasteiger partial charge is 0.416 e. The number of nitrogens with one attached hydrogen (secondary N) is 1. The van der Waals surface area contributed by atoms with Gasteiger partial charge in [-0.2, -0.15) is 13.2 Å². The van der Waals surface area contributed by atoms with Gasteiger partial charge in [0, 0.05) is 16.8 Å². The highest BCUT2D eigenvalue weighted by Crippen LogP contribution is 2.29. The lowest BCUT2D eigenvalue weighted by molar-refractivity contribution is -0.137. The number of hydrogen-bond acceptors (Lipinski definition) is 1. The normalized spacial score (nSPS) is 11.6. The molecule has 0 saturated heterocycles. The summed E-state index contributed by atoms with van der Waals surface area (Å²) in [4.78, 5) is 11.7. The second kappa shape index (κ2) is 6.66. The van der Waals surface area contributed by atoms with Gasteiger partial charge in [0.25, 0.3) is 0 Å². The molecule has 0 aliphatic heterocycles. The molecule has 1 amide bonds. The highest BCUT2D eigenvalue weighted by atomic mass is 35.5. The molecule has 0 aromatic heterocycles. The molecule has 0 fully saturated rings. The molecule has 2 aromatic carbocycles. The van der Waals surface area contributed by atoms with Crippen LogP contribution in [0.4, 0.5) is 18.9 Å². The second-order valence-electron chi connectivity index (χ2n) is 4.45. The van der Waals surface area contributed by atoms with E-state index in [1.165, 1.54) is 24.3 Å². The Hall–Kier alpha value is -2.27. The van der Waals surface area contributed by atoms with Crippen LogP contribution in [0.3, 0.4) is 0 Å². The molecule has 0 saturated carbocycles. The van der Waals surface area contributed by atoms with E-state index in [0.29, 0.717) is 16.3 Å². The Kier molecular flexibility index (Phi) is 4.88. The van der Waals surface area contributed by atoms with E-state index in [2.05, 4.69) is 5.32 Å². The highest BCUT2D eigenvalue weighted by molar-refractivity contribution is 6.30. The Labute approximate surface area is 130 Å². The van der Waals surface area contributed by atoms with Gasteiger partial charge in [-0.1, -0.05) is 29.8 Å². The Balaban J connectivity index is 2.00. The third-order valence-corrected chi connectivity index (χ3v) is 2.99. The van der Waals surface area contributed by atoms with Gasteiger partial charge in [0.1, 0.15) is 0 Å². The Morgan fingerprint density at radius 2 is 1.77 bits per heavy atom. The van der Waals surface area contributed by atoms with Crippen molar-refractivity contribution < 1.29 is 18.0 Å². The van der Waals surface area contributed by atoms with Crippen molar-refractivity contribution in [3.8, 4) is 0 Å². The SMILES string of the molecule is O=C(/C=C/c1ccc(C(F)(F)F)cc1)Nc1cccc(Cl)c1. The van der Waals surface area contributed by atoms with Gasteiger partial charge in [-0.15, -0.1) is 0 Å². The number of hydrogen-bond donors (Lipinski definition) is 1. The molecule has 1 N–H and O–H groups in total. The molecule has 6 heteroatoms. The molecule has 0 atom stereocenters. The number of carbonyl (C=O) groups excluding carboxylic acids is 1. The summed E-state index contributed by atoms with van der Waals surface area (Å²) in [5.74, 6) is -0.401. The van der Waals surface area contributed by atoms with Gasteiger partial charge in [-0.05, 0) is 42.0 Å². The number of alkyl halides is 3. The minimum atomic E-state index is -4.37. The van der Waals surface area contributed by atoms with E-state index in [0.717, 1.165) is 12.1 Å². The number of rotatable bonds is 3. The van der Waals surface area contributed by atoms with E-state index in [1.807, 2.05) is 0 Å². The summed E-state index contributed by atoms with van der Waals surface area (Å²) < 4.78 is 37.2. The van der Waals surface area contributed by atoms with Crippen molar-refractivity contribution in [2.24, 2.45) is 0 Å². The van der Waals surface area contributed by atoms with Crippen molar-refractivity contribution >= 4 is 29.3 Å². The third kappa shape index (κ3) is 4.63. The molecule has 0 aliphatic rings. The van der Waals surface area contributed by atoms with Gasteiger partial charge in [0.05, 0.1) is 5.56 Å². The maximum atomic E-state index is 12.4. The fourth-order valence-electron chi connectivity index (χ4n) is 1.71. The predicted molar refractivity (Wildman–Crippen MR) is 80.6 cm³/mol. The minimum Gasteiger partial charge on any atom is -0.322 e. The lowest BCUT2D eigenvalue weighted by Gasteiger charge is -2.06. The zero-order valence-electron chi connectivity index (χ0n) is 11.2. The first kappa shape index (κ1) is 16.1. The minimum absolute atomic E-state index is 0.401. The number of halogens is 4. The topological polar surface area (TPSA) is 29.1 Å². The summed E-state index contributed by atoms with van der Waals surface area (Å²) in [5.41, 5.74) is 0.303. The maximum absolute atomic E-state index is 12.4. The molecule has 0 unspecified atom stereocenters. The van der Waals surface area contributed by atoms with E-state index in [9.17, 15) is 18.0 Å². The third-order valence-electron chi connectivity index (χ3n) is 2.76. The first-order valence-electron chi connectivity index (χ1n) is 6.26. The Morgan fingerprint density at radius 3 is 2.36 bits per heavy atom. The number of amides is 1. The van der Waals surface area contributed by atoms with E-state index < -0.39 is 17.6 Å². The molecule has 22 heavy (non-hydrogen) atoms. The molecule has 0 bridgehead atoms. The first-order chi connectivity index (χ1) is 10.3. The van der Waals surface area contributed by atoms with Crippen LogP contribution < -0.4 is 5.32 Å². The smallest absolute Gasteiger partial charge is 0.322 e. The lowest BCUT2D eigenvalue weighted by Crippen LogP contribution is -2.07. The van der Waals surface area contributed by atoms with Crippen LogP contribution in [0.25, 0.3) is 6.08 Å². The average Bonchev–Trinajstić information content (AvgIpc) is 2.45. The first-order valence-corrected chi connectivity index (χ1v) is 6.64. The van der Waals surface area contributed by atoms with Crippen LogP contribution in [0.1, 0.15) is 11.1 Å². The van der Waals surface area contributed by atoms with Crippen LogP contribution >= 0.6 is 11.6 Å². The molecule has 2 rings (SSSR count). The number of carbonyl (C=O) groups is 1. The van der Waals surface area contributed by atoms with Crippen molar-refractivity contribution in [1.29, 1.82) is 0 Å². The molecule has 0 aliphatic carbocycles. The van der Waals surface area contributed by atoms with Gasteiger partial charge in [0.2, 0.25) is 5.91 Å². The molecule has 0 heterocycles. The van der Waals surface area contributed by atoms with Crippen LogP contribution in [0.5, 0.6) is 0 Å². The van der Waals surface area contributed by atoms with Crippen molar-refractivity contribution in [1.82, 2.24) is 0 Å². The van der Waals surface area contributed by atoms with Crippen LogP contribution in [-0.2, 0) is 11.0 Å². The van der Waals surface area contributed by atoms with Crippen LogP contribution in [0, 0.1) is 0 Å². The zero-order valence-corrected chi connectivity index (χ0v) is 11.9. The predicted octanol–water partition coefficient (Wildman–Crippen LogP) is 5.01. The highest BCUT2D eigenvalue weighted by Gasteiger charge is 2.29. The van der Waals surface area contributed by atoms with Crippen LogP contribution in [0.15, 0.2) is 54.6 Å². The summed E-state index contributed by atoms with van der Waals surface area (Å²) >= 11 is 5.79. The van der Waals surface area contributed by atoms with Crippen molar-refractivity contribution in [2.45, 2.75) is 6.18 Å². The molecular formula is C16H11ClF3NO.